The van der Waals surface area contributed by atoms with Crippen molar-refractivity contribution in [3.63, 3.8) is 0 Å². The minimum absolute atomic E-state index is 0.247. The van der Waals surface area contributed by atoms with Crippen LogP contribution in [0.1, 0.15) is 90.9 Å². The number of hydrazine groups is 1. The number of nitrogens with zero attached hydrogens (tertiary/aromatic N) is 1. The smallest absolute Gasteiger partial charge is 0.266 e. The third-order valence-electron chi connectivity index (χ3n) is 4.14. The molecule has 1 amide bonds. The van der Waals surface area contributed by atoms with E-state index in [0.29, 0.717) is 12.8 Å². The number of nitrogens with one attached hydrogen (secondary N) is 1. The maximum atomic E-state index is 12.3. The minimum Gasteiger partial charge on any atom is -0.380 e. The zero-order valence-electron chi connectivity index (χ0n) is 15.3. The summed E-state index contributed by atoms with van der Waals surface area (Å²) in [6, 6.07) is 0. The minimum atomic E-state index is -1.21. The average Bonchev–Trinajstić information content (AvgIpc) is 2.46. The number of aliphatic hydroxyl groups is 1. The quantitative estimate of drug-likeness (QED) is 0.376. The van der Waals surface area contributed by atoms with E-state index in [1.807, 2.05) is 0 Å². The van der Waals surface area contributed by atoms with Crippen LogP contribution in [0.3, 0.4) is 0 Å². The highest BCUT2D eigenvalue weighted by Crippen LogP contribution is 2.23. The van der Waals surface area contributed by atoms with Gasteiger partial charge in [0.2, 0.25) is 0 Å². The third-order valence-corrected chi connectivity index (χ3v) is 4.14. The molecule has 0 aliphatic heterocycles. The van der Waals surface area contributed by atoms with Gasteiger partial charge in [-0.3, -0.25) is 10.2 Å². The molecular weight excluding hydrogens is 276 g/mol. The van der Waals surface area contributed by atoms with Crippen LogP contribution in [0.2, 0.25) is 0 Å². The Morgan fingerprint density at radius 2 is 1.27 bits per heavy atom. The molecule has 0 rings (SSSR count). The fraction of sp³-hybridized carbons (Fsp3) is 0.944. The molecule has 0 bridgehead atoms. The molecular formula is C18H38N2O2. The van der Waals surface area contributed by atoms with Crippen molar-refractivity contribution in [2.24, 2.45) is 0 Å². The second-order valence-electron chi connectivity index (χ2n) is 6.70. The monoisotopic (exact) mass is 314 g/mol. The van der Waals surface area contributed by atoms with Gasteiger partial charge in [0, 0.05) is 14.1 Å². The van der Waals surface area contributed by atoms with Gasteiger partial charge < -0.3 is 5.11 Å². The lowest BCUT2D eigenvalue weighted by Crippen LogP contribution is -2.51. The first-order valence-corrected chi connectivity index (χ1v) is 9.17. The van der Waals surface area contributed by atoms with Crippen molar-refractivity contribution in [1.29, 1.82) is 0 Å². The van der Waals surface area contributed by atoms with Gasteiger partial charge in [0.05, 0.1) is 0 Å². The summed E-state index contributed by atoms with van der Waals surface area (Å²) in [4.78, 5) is 12.3. The highest BCUT2D eigenvalue weighted by Gasteiger charge is 2.34. The van der Waals surface area contributed by atoms with Crippen LogP contribution in [-0.4, -0.2) is 35.7 Å². The Bertz CT molecular complexity index is 266. The number of unbranched alkanes of at least 4 members (excludes halogenated alkanes) is 8. The molecule has 2 N–H and O–H groups in total. The number of rotatable bonds is 14. The van der Waals surface area contributed by atoms with E-state index in [1.165, 1.54) is 38.5 Å². The maximum absolute atomic E-state index is 12.3. The Kier molecular flexibility index (Phi) is 12.5. The molecule has 0 fully saturated rings. The Balaban J connectivity index is 4.31. The highest BCUT2D eigenvalue weighted by molar-refractivity contribution is 5.84. The van der Waals surface area contributed by atoms with Gasteiger partial charge in [-0.25, -0.2) is 5.01 Å². The molecule has 0 radical (unpaired) electrons. The summed E-state index contributed by atoms with van der Waals surface area (Å²) in [6.45, 7) is 4.38. The lowest BCUT2D eigenvalue weighted by molar-refractivity contribution is -0.145. The van der Waals surface area contributed by atoms with Crippen LogP contribution in [0.5, 0.6) is 0 Å². The van der Waals surface area contributed by atoms with E-state index in [9.17, 15) is 9.90 Å². The molecule has 132 valence electrons. The average molecular weight is 315 g/mol. The Morgan fingerprint density at radius 3 is 1.64 bits per heavy atom. The molecule has 0 aromatic heterocycles. The van der Waals surface area contributed by atoms with E-state index < -0.39 is 5.60 Å². The largest absolute Gasteiger partial charge is 0.380 e. The summed E-state index contributed by atoms with van der Waals surface area (Å²) in [7, 11) is 3.56. The van der Waals surface area contributed by atoms with Crippen LogP contribution in [0, 0.1) is 0 Å². The van der Waals surface area contributed by atoms with Crippen molar-refractivity contribution in [2.45, 2.75) is 96.5 Å². The first kappa shape index (κ1) is 21.4. The maximum Gasteiger partial charge on any atom is 0.266 e. The Labute approximate surface area is 137 Å². The van der Waals surface area contributed by atoms with E-state index in [2.05, 4.69) is 19.3 Å². The first-order valence-electron chi connectivity index (χ1n) is 9.17. The van der Waals surface area contributed by atoms with Crippen LogP contribution in [0.25, 0.3) is 0 Å². The van der Waals surface area contributed by atoms with Crippen LogP contribution in [0.4, 0.5) is 0 Å². The van der Waals surface area contributed by atoms with E-state index in [-0.39, 0.29) is 5.91 Å². The molecule has 0 saturated heterocycles. The molecule has 0 aliphatic carbocycles. The number of hydrogen-bond acceptors (Lipinski definition) is 3. The van der Waals surface area contributed by atoms with E-state index >= 15 is 0 Å². The van der Waals surface area contributed by atoms with Crippen LogP contribution in [0.15, 0.2) is 0 Å². The third kappa shape index (κ3) is 10.2. The number of hydrogen-bond donors (Lipinski definition) is 2. The molecule has 0 aromatic carbocycles. The van der Waals surface area contributed by atoms with Crippen molar-refractivity contribution in [3.8, 4) is 0 Å². The van der Waals surface area contributed by atoms with Gasteiger partial charge in [-0.05, 0) is 12.8 Å². The molecule has 0 atom stereocenters. The normalized spacial score (nSPS) is 11.9. The molecule has 4 nitrogen and oxygen atoms in total. The van der Waals surface area contributed by atoms with Crippen LogP contribution < -0.4 is 5.43 Å². The zero-order chi connectivity index (χ0) is 16.8. The Morgan fingerprint density at radius 1 is 0.864 bits per heavy atom. The van der Waals surface area contributed by atoms with Crippen molar-refractivity contribution in [3.05, 3.63) is 0 Å². The van der Waals surface area contributed by atoms with E-state index in [1.54, 1.807) is 19.1 Å². The van der Waals surface area contributed by atoms with Crippen molar-refractivity contribution < 1.29 is 9.90 Å². The second-order valence-corrected chi connectivity index (χ2v) is 6.70. The fourth-order valence-electron chi connectivity index (χ4n) is 2.70. The van der Waals surface area contributed by atoms with Gasteiger partial charge in [-0.2, -0.15) is 0 Å². The number of carbonyl (C=O) groups excluding carboxylic acids is 1. The molecule has 0 heterocycles. The van der Waals surface area contributed by atoms with E-state index in [0.717, 1.165) is 25.7 Å². The topological polar surface area (TPSA) is 52.6 Å². The molecule has 0 aliphatic rings. The van der Waals surface area contributed by atoms with E-state index in [4.69, 9.17) is 0 Å². The number of amides is 1. The molecule has 0 saturated carbocycles. The first-order chi connectivity index (χ1) is 10.5. The van der Waals surface area contributed by atoms with Gasteiger partial charge in [0.25, 0.3) is 5.91 Å². The summed E-state index contributed by atoms with van der Waals surface area (Å²) in [6.07, 6.45) is 12.5. The van der Waals surface area contributed by atoms with Crippen LogP contribution >= 0.6 is 0 Å². The summed E-state index contributed by atoms with van der Waals surface area (Å²) < 4.78 is 0. The summed E-state index contributed by atoms with van der Waals surface area (Å²) in [5, 5.41) is 12.4. The van der Waals surface area contributed by atoms with Gasteiger partial charge >= 0.3 is 0 Å². The van der Waals surface area contributed by atoms with Crippen molar-refractivity contribution in [1.82, 2.24) is 10.4 Å². The predicted molar refractivity (Wildman–Crippen MR) is 93.5 cm³/mol. The molecule has 4 heteroatoms. The molecule has 0 unspecified atom stereocenters. The summed E-state index contributed by atoms with van der Waals surface area (Å²) in [5.74, 6) is -0.247. The molecule has 0 aromatic rings. The van der Waals surface area contributed by atoms with Gasteiger partial charge in [0.15, 0.2) is 0 Å². The van der Waals surface area contributed by atoms with Crippen molar-refractivity contribution >= 4 is 5.91 Å². The van der Waals surface area contributed by atoms with Crippen LogP contribution in [-0.2, 0) is 4.79 Å². The lowest BCUT2D eigenvalue weighted by atomic mass is 9.89. The van der Waals surface area contributed by atoms with Gasteiger partial charge in [0.1, 0.15) is 5.60 Å². The lowest BCUT2D eigenvalue weighted by Gasteiger charge is -2.28. The predicted octanol–water partition coefficient (Wildman–Crippen LogP) is 4.03. The molecule has 0 spiro atoms. The van der Waals surface area contributed by atoms with Crippen molar-refractivity contribution in [2.75, 3.05) is 14.1 Å². The summed E-state index contributed by atoms with van der Waals surface area (Å²) in [5.41, 5.74) is 1.53. The Hall–Kier alpha value is -0.610. The second kappa shape index (κ2) is 12.9. The molecule has 22 heavy (non-hydrogen) atoms. The van der Waals surface area contributed by atoms with Gasteiger partial charge in [-0.1, -0.05) is 78.1 Å². The summed E-state index contributed by atoms with van der Waals surface area (Å²) >= 11 is 0. The highest BCUT2D eigenvalue weighted by atomic mass is 16.3. The number of carbonyl (C=O) groups is 1. The standard InChI is InChI=1S/C18H38N2O2/c1-5-7-9-11-13-15-18(22,17(21)19-20(3)4)16-14-12-10-8-6-2/h22H,5-16H2,1-4H3,(H,19,21). The SMILES string of the molecule is CCCCCCCC(O)(CCCCCCC)C(=O)NN(C)C. The van der Waals surface area contributed by atoms with Gasteiger partial charge in [-0.15, -0.1) is 0 Å². The zero-order valence-corrected chi connectivity index (χ0v) is 15.3. The fourth-order valence-corrected chi connectivity index (χ4v) is 2.70.